The maximum absolute atomic E-state index is 13.3. The summed E-state index contributed by atoms with van der Waals surface area (Å²) in [4.78, 5) is 52.7. The lowest BCUT2D eigenvalue weighted by atomic mass is 9.76. The van der Waals surface area contributed by atoms with Crippen LogP contribution in [0.4, 0.5) is 4.39 Å². The van der Waals surface area contributed by atoms with Crippen LogP contribution in [-0.2, 0) is 9.59 Å². The molecule has 1 aliphatic carbocycles. The highest BCUT2D eigenvalue weighted by molar-refractivity contribution is 6.30. The molecule has 6 nitrogen and oxygen atoms in total. The van der Waals surface area contributed by atoms with Crippen LogP contribution in [0.5, 0.6) is 0 Å². The van der Waals surface area contributed by atoms with Gasteiger partial charge in [0.25, 0.3) is 17.7 Å². The summed E-state index contributed by atoms with van der Waals surface area (Å²) in [5, 5.41) is 2.19. The molecule has 0 bridgehead atoms. The van der Waals surface area contributed by atoms with Crippen LogP contribution in [0.2, 0.25) is 5.02 Å². The lowest BCUT2D eigenvalue weighted by Gasteiger charge is -2.30. The Hall–Kier alpha value is -3.06. The van der Waals surface area contributed by atoms with Crippen molar-refractivity contribution in [2.75, 3.05) is 6.54 Å². The standard InChI is InChI=1S/C24H22ClFN2O4/c1-14-2-11-19-20(12-14)24(32)28(23(19)31)27(22(30)16-3-7-17(25)8-4-16)13-21(29)15-5-9-18(26)10-6-15/h3-10,14,19-20H,2,11-13H2,1H3/t14-,19-,20-/m1/s1. The van der Waals surface area contributed by atoms with E-state index in [0.717, 1.165) is 28.6 Å². The predicted octanol–water partition coefficient (Wildman–Crippen LogP) is 4.14. The molecule has 0 aromatic heterocycles. The molecule has 2 aliphatic rings. The van der Waals surface area contributed by atoms with Gasteiger partial charge in [-0.3, -0.25) is 19.2 Å². The molecule has 2 aromatic carbocycles. The topological polar surface area (TPSA) is 74.8 Å². The Bertz CT molecular complexity index is 1070. The quantitative estimate of drug-likeness (QED) is 0.500. The molecule has 2 aromatic rings. The molecule has 0 radical (unpaired) electrons. The third-order valence-electron chi connectivity index (χ3n) is 6.19. The highest BCUT2D eigenvalue weighted by atomic mass is 35.5. The molecule has 1 aliphatic heterocycles. The van der Waals surface area contributed by atoms with E-state index in [1.54, 1.807) is 0 Å². The van der Waals surface area contributed by atoms with Crippen LogP contribution in [0.3, 0.4) is 0 Å². The van der Waals surface area contributed by atoms with Crippen LogP contribution in [0.1, 0.15) is 46.9 Å². The van der Waals surface area contributed by atoms with Crippen LogP contribution < -0.4 is 0 Å². The molecule has 0 N–H and O–H groups in total. The number of halogens is 2. The van der Waals surface area contributed by atoms with Crippen LogP contribution in [0.25, 0.3) is 0 Å². The summed E-state index contributed by atoms with van der Waals surface area (Å²) in [5.41, 5.74) is 0.357. The van der Waals surface area contributed by atoms with Crippen LogP contribution in [0, 0.1) is 23.6 Å². The number of carbonyl (C=O) groups is 4. The van der Waals surface area contributed by atoms with Gasteiger partial charge in [-0.2, -0.15) is 5.01 Å². The number of ketones is 1. The lowest BCUT2D eigenvalue weighted by Crippen LogP contribution is -2.52. The number of rotatable bonds is 5. The van der Waals surface area contributed by atoms with Crippen LogP contribution in [-0.4, -0.2) is 40.1 Å². The Morgan fingerprint density at radius 3 is 2.22 bits per heavy atom. The summed E-state index contributed by atoms with van der Waals surface area (Å²) in [6, 6.07) is 10.9. The van der Waals surface area contributed by atoms with Crippen molar-refractivity contribution in [3.63, 3.8) is 0 Å². The summed E-state index contributed by atoms with van der Waals surface area (Å²) in [7, 11) is 0. The largest absolute Gasteiger partial charge is 0.292 e. The van der Waals surface area contributed by atoms with Crippen molar-refractivity contribution >= 4 is 35.1 Å². The van der Waals surface area contributed by atoms with Gasteiger partial charge in [-0.1, -0.05) is 18.5 Å². The van der Waals surface area contributed by atoms with E-state index in [4.69, 9.17) is 11.6 Å². The molecule has 2 fully saturated rings. The highest BCUT2D eigenvalue weighted by Crippen LogP contribution is 2.41. The molecule has 166 valence electrons. The number of fused-ring (bicyclic) bond motifs is 1. The van der Waals surface area contributed by atoms with E-state index in [2.05, 4.69) is 0 Å². The van der Waals surface area contributed by atoms with Crippen molar-refractivity contribution in [2.45, 2.75) is 26.2 Å². The van der Waals surface area contributed by atoms with Crippen molar-refractivity contribution in [2.24, 2.45) is 17.8 Å². The number of hydrogen-bond acceptors (Lipinski definition) is 4. The van der Waals surface area contributed by atoms with Gasteiger partial charge >= 0.3 is 0 Å². The minimum atomic E-state index is -0.662. The molecule has 32 heavy (non-hydrogen) atoms. The van der Waals surface area contributed by atoms with Crippen molar-refractivity contribution in [1.29, 1.82) is 0 Å². The molecular weight excluding hydrogens is 435 g/mol. The second-order valence-electron chi connectivity index (χ2n) is 8.42. The normalized spacial score (nSPS) is 22.6. The van der Waals surface area contributed by atoms with E-state index < -0.39 is 47.7 Å². The highest BCUT2D eigenvalue weighted by Gasteiger charge is 2.52. The van der Waals surface area contributed by atoms with E-state index in [9.17, 15) is 23.6 Å². The van der Waals surface area contributed by atoms with E-state index in [1.165, 1.54) is 36.4 Å². The van der Waals surface area contributed by atoms with Crippen molar-refractivity contribution in [1.82, 2.24) is 10.0 Å². The zero-order chi connectivity index (χ0) is 23.0. The Labute approximate surface area is 189 Å². The summed E-state index contributed by atoms with van der Waals surface area (Å²) < 4.78 is 13.3. The van der Waals surface area contributed by atoms with Gasteiger partial charge in [0.1, 0.15) is 12.4 Å². The third-order valence-corrected chi connectivity index (χ3v) is 6.44. The van der Waals surface area contributed by atoms with Gasteiger partial charge in [-0.05, 0) is 73.7 Å². The second-order valence-corrected chi connectivity index (χ2v) is 8.86. The minimum absolute atomic E-state index is 0.172. The monoisotopic (exact) mass is 456 g/mol. The van der Waals surface area contributed by atoms with Gasteiger partial charge in [0.05, 0.1) is 11.8 Å². The Balaban J connectivity index is 1.68. The van der Waals surface area contributed by atoms with Crippen molar-refractivity contribution in [3.8, 4) is 0 Å². The number of nitrogens with zero attached hydrogens (tertiary/aromatic N) is 2. The number of hydrogen-bond donors (Lipinski definition) is 0. The molecule has 1 heterocycles. The smallest absolute Gasteiger partial charge is 0.273 e. The van der Waals surface area contributed by atoms with Gasteiger partial charge < -0.3 is 0 Å². The molecule has 3 amide bonds. The molecule has 0 spiro atoms. The molecule has 3 atom stereocenters. The molecule has 1 saturated carbocycles. The van der Waals surface area contributed by atoms with Crippen molar-refractivity contribution in [3.05, 3.63) is 70.5 Å². The summed E-state index contributed by atoms with van der Waals surface area (Å²) in [6.07, 6.45) is 1.97. The van der Waals surface area contributed by atoms with E-state index >= 15 is 0 Å². The van der Waals surface area contributed by atoms with Gasteiger partial charge in [0.2, 0.25) is 0 Å². The second kappa shape index (κ2) is 8.82. The maximum Gasteiger partial charge on any atom is 0.273 e. The average Bonchev–Trinajstić information content (AvgIpc) is 3.02. The average molecular weight is 457 g/mol. The number of imide groups is 1. The van der Waals surface area contributed by atoms with Crippen LogP contribution in [0.15, 0.2) is 48.5 Å². The fraction of sp³-hybridized carbons (Fsp3) is 0.333. The Morgan fingerprint density at radius 1 is 0.969 bits per heavy atom. The van der Waals surface area contributed by atoms with Gasteiger partial charge in [0.15, 0.2) is 5.78 Å². The minimum Gasteiger partial charge on any atom is -0.292 e. The van der Waals surface area contributed by atoms with Crippen molar-refractivity contribution < 1.29 is 23.6 Å². The molecule has 1 saturated heterocycles. The number of Topliss-reactive ketones (excluding diaryl/α,β-unsaturated/α-hetero) is 1. The first-order chi connectivity index (χ1) is 15.3. The zero-order valence-electron chi connectivity index (χ0n) is 17.5. The van der Waals surface area contributed by atoms with Gasteiger partial charge in [-0.25, -0.2) is 9.40 Å². The number of hydrazine groups is 1. The predicted molar refractivity (Wildman–Crippen MR) is 115 cm³/mol. The van der Waals surface area contributed by atoms with E-state index in [1.807, 2.05) is 6.92 Å². The Morgan fingerprint density at radius 2 is 1.56 bits per heavy atom. The fourth-order valence-corrected chi connectivity index (χ4v) is 4.57. The molecular formula is C24H22ClFN2O4. The third kappa shape index (κ3) is 4.17. The summed E-state index contributed by atoms with van der Waals surface area (Å²) in [6.45, 7) is 1.50. The van der Waals surface area contributed by atoms with Gasteiger partial charge in [0, 0.05) is 16.1 Å². The summed E-state index contributed by atoms with van der Waals surface area (Å²) >= 11 is 5.91. The molecule has 8 heteroatoms. The zero-order valence-corrected chi connectivity index (χ0v) is 18.2. The van der Waals surface area contributed by atoms with Gasteiger partial charge in [-0.15, -0.1) is 0 Å². The Kier molecular flexibility index (Phi) is 6.11. The number of benzene rings is 2. The maximum atomic E-state index is 13.3. The number of amides is 3. The fourth-order valence-electron chi connectivity index (χ4n) is 4.45. The van der Waals surface area contributed by atoms with E-state index in [0.29, 0.717) is 23.8 Å². The first-order valence-electron chi connectivity index (χ1n) is 10.5. The molecule has 4 rings (SSSR count). The molecule has 0 unspecified atom stereocenters. The SMILES string of the molecule is C[C@@H]1CC[C@H]2C(=O)N(N(CC(=O)c3ccc(F)cc3)C(=O)c3ccc(Cl)cc3)C(=O)[C@@H]2C1. The lowest BCUT2D eigenvalue weighted by molar-refractivity contribution is -0.154. The first kappa shape index (κ1) is 22.1. The van der Waals surface area contributed by atoms with E-state index in [-0.39, 0.29) is 11.1 Å². The number of carbonyl (C=O) groups excluding carboxylic acids is 4. The first-order valence-corrected chi connectivity index (χ1v) is 10.9. The van der Waals surface area contributed by atoms with Crippen LogP contribution >= 0.6 is 11.6 Å². The summed E-state index contributed by atoms with van der Waals surface area (Å²) in [5.74, 6) is -3.27.